The smallest absolute Gasteiger partial charge is 0.266 e. The summed E-state index contributed by atoms with van der Waals surface area (Å²) in [4.78, 5) is 34.4. The fourth-order valence-electron chi connectivity index (χ4n) is 4.36. The molecule has 31 heavy (non-hydrogen) atoms. The Balaban J connectivity index is 1.58. The zero-order valence-electron chi connectivity index (χ0n) is 17.0. The minimum atomic E-state index is -0.896. The molecule has 0 radical (unpaired) electrons. The molecule has 2 saturated heterocycles. The zero-order valence-corrected chi connectivity index (χ0v) is 17.0. The summed E-state index contributed by atoms with van der Waals surface area (Å²) in [7, 11) is 0. The number of carbonyl (C=O) groups excluding carboxylic acids is 2. The van der Waals surface area contributed by atoms with Gasteiger partial charge in [-0.1, -0.05) is 60.7 Å². The molecule has 2 amide bonds. The Bertz CT molecular complexity index is 1100. The third-order valence-corrected chi connectivity index (χ3v) is 5.67. The van der Waals surface area contributed by atoms with Crippen LogP contribution in [-0.2, 0) is 14.4 Å². The highest BCUT2D eigenvalue weighted by Gasteiger charge is 2.60. The number of fused-ring (bicyclic) bond motifs is 1. The van der Waals surface area contributed by atoms with E-state index in [2.05, 4.69) is 0 Å². The molecule has 0 saturated carbocycles. The van der Waals surface area contributed by atoms with E-state index >= 15 is 0 Å². The number of hydroxylamine groups is 1. The lowest BCUT2D eigenvalue weighted by Crippen LogP contribution is -2.37. The Labute approximate surface area is 180 Å². The Kier molecular flexibility index (Phi) is 4.92. The molecule has 156 valence electrons. The van der Waals surface area contributed by atoms with Crippen molar-refractivity contribution in [3.63, 3.8) is 0 Å². The van der Waals surface area contributed by atoms with Crippen molar-refractivity contribution in [3.8, 4) is 5.75 Å². The molecule has 2 fully saturated rings. The number of carbonyl (C=O) groups is 2. The minimum absolute atomic E-state index is 0.283. The van der Waals surface area contributed by atoms with Crippen LogP contribution in [-0.4, -0.2) is 24.5 Å². The molecule has 6 heteroatoms. The number of hydrogen-bond donors (Lipinski definition) is 0. The van der Waals surface area contributed by atoms with Crippen LogP contribution in [0.5, 0.6) is 5.75 Å². The Morgan fingerprint density at radius 1 is 0.839 bits per heavy atom. The molecule has 0 aromatic heterocycles. The lowest BCUT2D eigenvalue weighted by Gasteiger charge is -2.29. The maximum atomic E-state index is 13.7. The maximum absolute atomic E-state index is 13.7. The van der Waals surface area contributed by atoms with Crippen molar-refractivity contribution < 1.29 is 19.2 Å². The van der Waals surface area contributed by atoms with Gasteiger partial charge in [0.1, 0.15) is 11.7 Å². The lowest BCUT2D eigenvalue weighted by atomic mass is 9.90. The van der Waals surface area contributed by atoms with Crippen molar-refractivity contribution in [3.05, 3.63) is 90.5 Å². The largest absolute Gasteiger partial charge is 0.492 e. The third-order valence-electron chi connectivity index (χ3n) is 5.67. The first kappa shape index (κ1) is 19.3. The summed E-state index contributed by atoms with van der Waals surface area (Å²) in [6.07, 6.45) is -0.896. The first-order valence-electron chi connectivity index (χ1n) is 10.4. The fourth-order valence-corrected chi connectivity index (χ4v) is 4.36. The van der Waals surface area contributed by atoms with E-state index < -0.39 is 18.1 Å². The normalized spacial score (nSPS) is 22.7. The molecule has 3 aromatic carbocycles. The summed E-state index contributed by atoms with van der Waals surface area (Å²) in [5.41, 5.74) is 2.17. The highest BCUT2D eigenvalue weighted by Crippen LogP contribution is 2.48. The van der Waals surface area contributed by atoms with Crippen LogP contribution in [0.25, 0.3) is 0 Å². The van der Waals surface area contributed by atoms with E-state index in [0.717, 1.165) is 11.3 Å². The van der Waals surface area contributed by atoms with Gasteiger partial charge in [-0.15, -0.1) is 0 Å². The molecule has 2 heterocycles. The average molecular weight is 414 g/mol. The van der Waals surface area contributed by atoms with E-state index in [-0.39, 0.29) is 11.8 Å². The summed E-state index contributed by atoms with van der Waals surface area (Å²) in [5.74, 6) is -0.816. The van der Waals surface area contributed by atoms with E-state index in [1.54, 1.807) is 23.3 Å². The van der Waals surface area contributed by atoms with Crippen molar-refractivity contribution in [2.75, 3.05) is 16.6 Å². The van der Waals surface area contributed by atoms with Crippen molar-refractivity contribution in [1.29, 1.82) is 0 Å². The number of para-hydroxylation sites is 3. The van der Waals surface area contributed by atoms with Crippen LogP contribution in [0.2, 0.25) is 0 Å². The van der Waals surface area contributed by atoms with Crippen molar-refractivity contribution in [2.45, 2.75) is 19.1 Å². The number of imide groups is 1. The second kappa shape index (κ2) is 7.89. The van der Waals surface area contributed by atoms with Gasteiger partial charge in [0.2, 0.25) is 5.91 Å². The van der Waals surface area contributed by atoms with Gasteiger partial charge in [-0.2, -0.15) is 0 Å². The molecule has 3 aromatic rings. The second-order valence-corrected chi connectivity index (χ2v) is 7.48. The van der Waals surface area contributed by atoms with Gasteiger partial charge < -0.3 is 4.74 Å². The van der Waals surface area contributed by atoms with E-state index in [4.69, 9.17) is 9.57 Å². The summed E-state index contributed by atoms with van der Waals surface area (Å²) >= 11 is 0. The van der Waals surface area contributed by atoms with E-state index in [9.17, 15) is 9.59 Å². The molecule has 0 N–H and O–H groups in total. The molecular weight excluding hydrogens is 392 g/mol. The molecule has 6 nitrogen and oxygen atoms in total. The Hall–Kier alpha value is -3.64. The summed E-state index contributed by atoms with van der Waals surface area (Å²) in [5, 5.41) is 1.70. The Morgan fingerprint density at radius 3 is 2.19 bits per heavy atom. The van der Waals surface area contributed by atoms with Gasteiger partial charge in [0.25, 0.3) is 5.91 Å². The van der Waals surface area contributed by atoms with Crippen LogP contribution in [0.4, 0.5) is 11.4 Å². The number of nitrogens with zero attached hydrogens (tertiary/aromatic N) is 2. The predicted octanol–water partition coefficient (Wildman–Crippen LogP) is 4.14. The summed E-state index contributed by atoms with van der Waals surface area (Å²) in [6, 6.07) is 25.9. The molecule has 3 atom stereocenters. The van der Waals surface area contributed by atoms with Crippen LogP contribution in [0.1, 0.15) is 18.5 Å². The number of amides is 2. The number of hydrogen-bond acceptors (Lipinski definition) is 5. The average Bonchev–Trinajstić information content (AvgIpc) is 3.32. The van der Waals surface area contributed by atoms with E-state index in [1.165, 1.54) is 4.90 Å². The van der Waals surface area contributed by atoms with Crippen LogP contribution in [0.3, 0.4) is 0 Å². The molecule has 2 aliphatic rings. The first-order valence-corrected chi connectivity index (χ1v) is 10.4. The van der Waals surface area contributed by atoms with Crippen molar-refractivity contribution in [1.82, 2.24) is 0 Å². The van der Waals surface area contributed by atoms with Crippen LogP contribution >= 0.6 is 0 Å². The molecular formula is C25H22N2O4. The van der Waals surface area contributed by atoms with Gasteiger partial charge in [-0.3, -0.25) is 14.4 Å². The molecule has 5 rings (SSSR count). The topological polar surface area (TPSA) is 59.1 Å². The fraction of sp³-hybridized carbons (Fsp3) is 0.200. The summed E-state index contributed by atoms with van der Waals surface area (Å²) in [6.45, 7) is 2.30. The number of ether oxygens (including phenoxy) is 1. The first-order chi connectivity index (χ1) is 15.2. The quantitative estimate of drug-likeness (QED) is 0.588. The number of anilines is 2. The highest BCUT2D eigenvalue weighted by molar-refractivity contribution is 6.24. The van der Waals surface area contributed by atoms with Crippen LogP contribution in [0, 0.1) is 5.92 Å². The zero-order chi connectivity index (χ0) is 21.4. The van der Waals surface area contributed by atoms with Gasteiger partial charge in [-0.05, 0) is 36.8 Å². The SMILES string of the molecule is CCOc1ccccc1N1C(=O)[C@H]2[C@@H](ON(c3ccccc3)[C@H]2c2ccccc2)C1=O. The molecule has 2 aliphatic heterocycles. The summed E-state index contributed by atoms with van der Waals surface area (Å²) < 4.78 is 5.67. The van der Waals surface area contributed by atoms with Crippen molar-refractivity contribution >= 4 is 23.2 Å². The molecule has 0 spiro atoms. The van der Waals surface area contributed by atoms with Gasteiger partial charge >= 0.3 is 0 Å². The van der Waals surface area contributed by atoms with Crippen molar-refractivity contribution in [2.24, 2.45) is 5.92 Å². The van der Waals surface area contributed by atoms with E-state index in [1.807, 2.05) is 73.7 Å². The predicted molar refractivity (Wildman–Crippen MR) is 117 cm³/mol. The second-order valence-electron chi connectivity index (χ2n) is 7.48. The highest BCUT2D eigenvalue weighted by atomic mass is 16.7. The minimum Gasteiger partial charge on any atom is -0.492 e. The maximum Gasteiger partial charge on any atom is 0.266 e. The number of benzene rings is 3. The Morgan fingerprint density at radius 2 is 1.48 bits per heavy atom. The molecule has 0 bridgehead atoms. The standard InChI is InChI=1S/C25H22N2O4/c1-2-30-20-16-10-9-15-19(20)26-24(28)21-22(17-11-5-3-6-12-17)27(31-23(21)25(26)29)18-13-7-4-8-14-18/h3-16,21-23H,2H2,1H3/t21-,22+,23-/m1/s1. The van der Waals surface area contributed by atoms with Gasteiger partial charge in [-0.25, -0.2) is 9.96 Å². The van der Waals surface area contributed by atoms with Crippen LogP contribution < -0.4 is 14.7 Å². The molecule has 0 unspecified atom stereocenters. The molecule has 0 aliphatic carbocycles. The number of rotatable bonds is 5. The third kappa shape index (κ3) is 3.16. The monoisotopic (exact) mass is 414 g/mol. The van der Waals surface area contributed by atoms with Crippen LogP contribution in [0.15, 0.2) is 84.9 Å². The van der Waals surface area contributed by atoms with Gasteiger partial charge in [0.05, 0.1) is 24.0 Å². The van der Waals surface area contributed by atoms with Gasteiger partial charge in [0.15, 0.2) is 6.10 Å². The van der Waals surface area contributed by atoms with Gasteiger partial charge in [0, 0.05) is 0 Å². The van der Waals surface area contributed by atoms with E-state index in [0.29, 0.717) is 18.0 Å². The lowest BCUT2D eigenvalue weighted by molar-refractivity contribution is -0.126.